The summed E-state index contributed by atoms with van der Waals surface area (Å²) in [7, 11) is 1.55. The Morgan fingerprint density at radius 1 is 1.67 bits per heavy atom. The lowest BCUT2D eigenvalue weighted by molar-refractivity contribution is -0.0672. The van der Waals surface area contributed by atoms with Gasteiger partial charge in [0.2, 0.25) is 5.95 Å². The molecule has 3 atom stereocenters. The quantitative estimate of drug-likeness (QED) is 0.434. The number of fused-ring (bicyclic) bond motifs is 1. The van der Waals surface area contributed by atoms with Gasteiger partial charge in [0.15, 0.2) is 11.2 Å². The van der Waals surface area contributed by atoms with Crippen molar-refractivity contribution in [2.45, 2.75) is 24.9 Å². The minimum absolute atomic E-state index is 0.00292. The molecule has 0 radical (unpaired) electrons. The number of methoxy groups -OCH3 is 1. The van der Waals surface area contributed by atoms with E-state index in [0.717, 1.165) is 0 Å². The number of ether oxygens (including phenoxy) is 3. The summed E-state index contributed by atoms with van der Waals surface area (Å²) < 4.78 is 18.2. The van der Waals surface area contributed by atoms with Gasteiger partial charge in [0.1, 0.15) is 19.1 Å². The number of hydrogen-bond donors (Lipinski definition) is 2. The van der Waals surface area contributed by atoms with Gasteiger partial charge in [-0.2, -0.15) is 4.98 Å². The van der Waals surface area contributed by atoms with Crippen LogP contribution in [-0.4, -0.2) is 52.2 Å². The van der Waals surface area contributed by atoms with Gasteiger partial charge >= 0.3 is 0 Å². The van der Waals surface area contributed by atoms with Crippen LogP contribution in [-0.2, 0) is 14.2 Å². The Labute approximate surface area is 135 Å². The number of aromatic amines is 1. The van der Waals surface area contributed by atoms with Crippen molar-refractivity contribution in [3.63, 3.8) is 0 Å². The topological polar surface area (TPSA) is 166 Å². The molecule has 0 aromatic carbocycles. The molecule has 128 valence electrons. The zero-order valence-electron chi connectivity index (χ0n) is 12.8. The largest absolute Gasteiger partial charge is 0.382 e. The number of nitrogens with zero attached hydrogens (tertiary/aromatic N) is 6. The molecule has 2 aromatic rings. The average molecular weight is 336 g/mol. The van der Waals surface area contributed by atoms with Crippen molar-refractivity contribution in [2.75, 3.05) is 26.2 Å². The van der Waals surface area contributed by atoms with Gasteiger partial charge in [-0.15, -0.1) is 0 Å². The third-order valence-corrected chi connectivity index (χ3v) is 3.68. The molecule has 12 heteroatoms. The van der Waals surface area contributed by atoms with Gasteiger partial charge in [0.05, 0.1) is 19.0 Å². The number of azide groups is 1. The number of H-pyrrole nitrogens is 1. The van der Waals surface area contributed by atoms with Gasteiger partial charge in [-0.3, -0.25) is 14.3 Å². The van der Waals surface area contributed by atoms with Crippen molar-refractivity contribution in [1.29, 1.82) is 0 Å². The minimum Gasteiger partial charge on any atom is -0.382 e. The van der Waals surface area contributed by atoms with E-state index in [1.807, 2.05) is 0 Å². The summed E-state index contributed by atoms with van der Waals surface area (Å²) in [4.78, 5) is 25.1. The third-order valence-electron chi connectivity index (χ3n) is 3.68. The number of aromatic nitrogens is 4. The summed E-state index contributed by atoms with van der Waals surface area (Å²) in [6.45, 7) is 0.202. The molecule has 3 rings (SSSR count). The molecule has 0 aliphatic carbocycles. The van der Waals surface area contributed by atoms with Crippen molar-refractivity contribution >= 4 is 17.1 Å². The number of anilines is 1. The molecular formula is C12H16N8O4. The second-order valence-corrected chi connectivity index (χ2v) is 5.16. The number of nitrogens with two attached hydrogens (primary N) is 1. The summed E-state index contributed by atoms with van der Waals surface area (Å²) in [5.74, 6) is -0.00292. The molecule has 1 saturated heterocycles. The van der Waals surface area contributed by atoms with E-state index >= 15 is 0 Å². The molecule has 1 aliphatic rings. The number of nitrogens with one attached hydrogen (secondary N) is 1. The highest BCUT2D eigenvalue weighted by Crippen LogP contribution is 2.32. The van der Waals surface area contributed by atoms with Crippen molar-refractivity contribution in [1.82, 2.24) is 19.5 Å². The van der Waals surface area contributed by atoms with Gasteiger partial charge in [-0.25, -0.2) is 4.98 Å². The molecule has 1 aliphatic heterocycles. The molecule has 0 saturated carbocycles. The summed E-state index contributed by atoms with van der Waals surface area (Å²) in [5, 5.41) is 3.36. The molecule has 12 nitrogen and oxygen atoms in total. The van der Waals surface area contributed by atoms with Crippen LogP contribution in [0.2, 0.25) is 0 Å². The maximum atomic E-state index is 11.8. The van der Waals surface area contributed by atoms with Crippen molar-refractivity contribution in [3.05, 3.63) is 27.1 Å². The van der Waals surface area contributed by atoms with Crippen LogP contribution in [0.4, 0.5) is 5.95 Å². The highest BCUT2D eigenvalue weighted by atomic mass is 16.6. The van der Waals surface area contributed by atoms with E-state index in [-0.39, 0.29) is 30.4 Å². The molecule has 0 bridgehead atoms. The Hall–Kier alpha value is -2.66. The fourth-order valence-electron chi connectivity index (χ4n) is 2.67. The van der Waals surface area contributed by atoms with Gasteiger partial charge in [-0.05, 0) is 5.53 Å². The Kier molecular flexibility index (Phi) is 4.62. The molecule has 24 heavy (non-hydrogen) atoms. The first-order chi connectivity index (χ1) is 11.6. The van der Waals surface area contributed by atoms with Crippen molar-refractivity contribution in [3.8, 4) is 0 Å². The Morgan fingerprint density at radius 3 is 3.25 bits per heavy atom. The monoisotopic (exact) mass is 336 g/mol. The minimum atomic E-state index is -0.458. The van der Waals surface area contributed by atoms with Crippen LogP contribution in [0.25, 0.3) is 21.6 Å². The first-order valence-electron chi connectivity index (χ1n) is 7.13. The predicted octanol–water partition coefficient (Wildman–Crippen LogP) is 0.289. The van der Waals surface area contributed by atoms with E-state index in [0.29, 0.717) is 18.7 Å². The van der Waals surface area contributed by atoms with E-state index in [4.69, 9.17) is 25.5 Å². The lowest BCUT2D eigenvalue weighted by atomic mass is 10.2. The normalized spacial score (nSPS) is 23.5. The maximum Gasteiger partial charge on any atom is 0.280 e. The van der Waals surface area contributed by atoms with E-state index in [1.165, 1.54) is 6.33 Å². The number of hydrogen-bond acceptors (Lipinski definition) is 8. The number of rotatable bonds is 6. The molecule has 0 spiro atoms. The van der Waals surface area contributed by atoms with E-state index in [2.05, 4.69) is 25.0 Å². The lowest BCUT2D eigenvalue weighted by Gasteiger charge is -2.16. The second-order valence-electron chi connectivity index (χ2n) is 5.16. The Bertz CT molecular complexity index is 826. The fraction of sp³-hybridized carbons (Fsp3) is 0.583. The number of nitrogen functional groups attached to an aromatic ring is 1. The van der Waals surface area contributed by atoms with Gasteiger partial charge in [0.25, 0.3) is 5.56 Å². The highest BCUT2D eigenvalue weighted by Gasteiger charge is 2.37. The van der Waals surface area contributed by atoms with Crippen LogP contribution < -0.4 is 11.3 Å². The zero-order chi connectivity index (χ0) is 17.1. The highest BCUT2D eigenvalue weighted by molar-refractivity contribution is 5.70. The smallest absolute Gasteiger partial charge is 0.280 e. The van der Waals surface area contributed by atoms with Gasteiger partial charge in [0, 0.05) is 18.4 Å². The van der Waals surface area contributed by atoms with Crippen LogP contribution in [0, 0.1) is 0 Å². The van der Waals surface area contributed by atoms with Crippen molar-refractivity contribution < 1.29 is 14.2 Å². The Balaban J connectivity index is 1.87. The van der Waals surface area contributed by atoms with Crippen molar-refractivity contribution in [2.24, 2.45) is 5.11 Å². The standard InChI is InChI=1S/C12H16N8O4/c1-22-3-7-6(23-5-16-19-14)2-8(24-7)20-4-15-9-10(20)17-12(13)18-11(9)21/h4,6-8H,2-3,5H2,1H3,(H3,13,17,18,21)/t6?,7-,8-/m1/s1. The molecule has 1 fully saturated rings. The summed E-state index contributed by atoms with van der Waals surface area (Å²) in [5.41, 5.74) is 14.0. The van der Waals surface area contributed by atoms with Crippen LogP contribution in [0.5, 0.6) is 0 Å². The zero-order valence-corrected chi connectivity index (χ0v) is 12.8. The fourth-order valence-corrected chi connectivity index (χ4v) is 2.67. The van der Waals surface area contributed by atoms with Crippen LogP contribution in [0.15, 0.2) is 16.2 Å². The molecule has 3 heterocycles. The Morgan fingerprint density at radius 2 is 2.50 bits per heavy atom. The lowest BCUT2D eigenvalue weighted by Crippen LogP contribution is -2.28. The maximum absolute atomic E-state index is 11.8. The number of imidazole rings is 1. The molecular weight excluding hydrogens is 320 g/mol. The third kappa shape index (κ3) is 3.03. The van der Waals surface area contributed by atoms with E-state index in [1.54, 1.807) is 11.7 Å². The van der Waals surface area contributed by atoms with Crippen LogP contribution in [0.1, 0.15) is 12.6 Å². The van der Waals surface area contributed by atoms with Crippen LogP contribution in [0.3, 0.4) is 0 Å². The average Bonchev–Trinajstić information content (AvgIpc) is 3.12. The van der Waals surface area contributed by atoms with E-state index < -0.39 is 11.8 Å². The van der Waals surface area contributed by atoms with E-state index in [9.17, 15) is 4.79 Å². The second kappa shape index (κ2) is 6.84. The first kappa shape index (κ1) is 16.2. The summed E-state index contributed by atoms with van der Waals surface area (Å²) in [6, 6.07) is 0. The molecule has 3 N–H and O–H groups in total. The molecule has 1 unspecified atom stereocenters. The van der Waals surface area contributed by atoms with Gasteiger partial charge < -0.3 is 19.9 Å². The predicted molar refractivity (Wildman–Crippen MR) is 81.9 cm³/mol. The SMILES string of the molecule is COC[C@H]1O[C@@H](n2cnc3c(=O)[nH]c(N)nc32)CC1OCN=[N+]=[N-]. The molecule has 0 amide bonds. The van der Waals surface area contributed by atoms with Crippen LogP contribution >= 0.6 is 0 Å². The summed E-state index contributed by atoms with van der Waals surface area (Å²) >= 11 is 0. The molecule has 2 aromatic heterocycles. The summed E-state index contributed by atoms with van der Waals surface area (Å²) in [6.07, 6.45) is 0.772. The first-order valence-corrected chi connectivity index (χ1v) is 7.13. The van der Waals surface area contributed by atoms with Gasteiger partial charge in [-0.1, -0.05) is 5.11 Å².